The summed E-state index contributed by atoms with van der Waals surface area (Å²) < 4.78 is 0. The zero-order valence-electron chi connectivity index (χ0n) is 14.2. The minimum Gasteiger partial charge on any atom is -0.103 e. The lowest BCUT2D eigenvalue weighted by Gasteiger charge is -2.68. The van der Waals surface area contributed by atoms with E-state index in [-0.39, 0.29) is 0 Å². The van der Waals surface area contributed by atoms with Crippen LogP contribution in [-0.2, 0) is 0 Å². The van der Waals surface area contributed by atoms with Crippen LogP contribution in [0.2, 0.25) is 0 Å². The summed E-state index contributed by atoms with van der Waals surface area (Å²) in [7, 11) is 0. The third-order valence-electron chi connectivity index (χ3n) is 7.55. The minimum absolute atomic E-state index is 1.10. The van der Waals surface area contributed by atoms with Crippen LogP contribution in [0, 0.1) is 59.2 Å². The molecule has 0 spiro atoms. The molecule has 0 amide bonds. The van der Waals surface area contributed by atoms with E-state index in [4.69, 9.17) is 0 Å². The molecule has 20 heavy (non-hydrogen) atoms. The van der Waals surface area contributed by atoms with Crippen LogP contribution in [0.15, 0.2) is 12.7 Å². The molecule has 5 rings (SSSR count). The van der Waals surface area contributed by atoms with E-state index < -0.39 is 0 Å². The lowest BCUT2D eigenvalue weighted by molar-refractivity contribution is -0.201. The van der Waals surface area contributed by atoms with E-state index in [1.165, 1.54) is 47.3 Å². The van der Waals surface area contributed by atoms with E-state index in [0.29, 0.717) is 0 Å². The minimum atomic E-state index is 1.10. The van der Waals surface area contributed by atoms with Crippen LogP contribution in [0.1, 0.15) is 53.9 Å². The molecule has 0 heteroatoms. The van der Waals surface area contributed by atoms with Crippen molar-refractivity contribution in [3.8, 4) is 0 Å². The fourth-order valence-corrected chi connectivity index (χ4v) is 7.15. The van der Waals surface area contributed by atoms with E-state index in [9.17, 15) is 0 Å². The second-order valence-electron chi connectivity index (χ2n) is 8.03. The van der Waals surface area contributed by atoms with E-state index in [1.54, 1.807) is 25.3 Å². The number of allylic oxidation sites excluding steroid dienone is 1. The van der Waals surface area contributed by atoms with Crippen molar-refractivity contribution in [2.24, 2.45) is 59.2 Å². The first-order valence-corrected chi connectivity index (χ1v) is 9.26. The molecular formula is C20H34. The lowest BCUT2D eigenvalue weighted by atomic mass is 9.37. The first kappa shape index (κ1) is 14.7. The molecule has 0 nitrogen and oxygen atoms in total. The number of fused-ring (bicyclic) bond motifs is 9. The Morgan fingerprint density at radius 1 is 0.700 bits per heavy atom. The number of hydrogen-bond acceptors (Lipinski definition) is 0. The van der Waals surface area contributed by atoms with Gasteiger partial charge in [-0.25, -0.2) is 0 Å². The molecule has 5 aliphatic rings. The van der Waals surface area contributed by atoms with Gasteiger partial charge in [-0.05, 0) is 85.4 Å². The van der Waals surface area contributed by atoms with Crippen molar-refractivity contribution in [2.75, 3.05) is 0 Å². The predicted molar refractivity (Wildman–Crippen MR) is 87.3 cm³/mol. The molecule has 10 unspecified atom stereocenters. The Hall–Kier alpha value is -0.260. The van der Waals surface area contributed by atoms with Crippen LogP contribution in [0.5, 0.6) is 0 Å². The molecule has 0 saturated heterocycles. The fraction of sp³-hybridized carbons (Fsp3) is 0.900. The second-order valence-corrected chi connectivity index (χ2v) is 8.03. The third-order valence-corrected chi connectivity index (χ3v) is 7.55. The molecule has 0 radical (unpaired) electrons. The van der Waals surface area contributed by atoms with Gasteiger partial charge in [-0.15, -0.1) is 6.58 Å². The zero-order valence-corrected chi connectivity index (χ0v) is 14.2. The van der Waals surface area contributed by atoms with Crippen molar-refractivity contribution in [1.82, 2.24) is 0 Å². The summed E-state index contributed by atoms with van der Waals surface area (Å²) >= 11 is 0. The van der Waals surface area contributed by atoms with Gasteiger partial charge in [0.2, 0.25) is 0 Å². The van der Waals surface area contributed by atoms with Gasteiger partial charge < -0.3 is 0 Å². The molecule has 0 aromatic carbocycles. The predicted octanol–water partition coefficient (Wildman–Crippen LogP) is 5.65. The molecule has 5 saturated carbocycles. The first-order chi connectivity index (χ1) is 9.69. The van der Waals surface area contributed by atoms with Crippen molar-refractivity contribution in [2.45, 2.75) is 53.9 Å². The summed E-state index contributed by atoms with van der Waals surface area (Å²) in [6, 6.07) is 0. The highest BCUT2D eigenvalue weighted by Gasteiger charge is 2.73. The van der Waals surface area contributed by atoms with Crippen LogP contribution in [0.4, 0.5) is 0 Å². The van der Waals surface area contributed by atoms with Gasteiger partial charge in [0.1, 0.15) is 0 Å². The highest BCUT2D eigenvalue weighted by Crippen LogP contribution is 2.79. The SMILES string of the molecule is C=CC.CC.CC1CC2C1C1CC3C4CC(C)C4C3C21. The van der Waals surface area contributed by atoms with Gasteiger partial charge in [-0.3, -0.25) is 0 Å². The Morgan fingerprint density at radius 2 is 1.15 bits per heavy atom. The highest BCUT2D eigenvalue weighted by atomic mass is 14.8. The van der Waals surface area contributed by atoms with Gasteiger partial charge in [0.05, 0.1) is 0 Å². The Kier molecular flexibility index (Phi) is 3.80. The van der Waals surface area contributed by atoms with Crippen LogP contribution >= 0.6 is 0 Å². The summed E-state index contributed by atoms with van der Waals surface area (Å²) in [6.45, 7) is 14.3. The van der Waals surface area contributed by atoms with Crippen molar-refractivity contribution in [3.63, 3.8) is 0 Å². The molecule has 10 atom stereocenters. The van der Waals surface area contributed by atoms with E-state index >= 15 is 0 Å². The second kappa shape index (κ2) is 5.18. The maximum atomic E-state index is 3.36. The zero-order chi connectivity index (χ0) is 14.6. The monoisotopic (exact) mass is 274 g/mol. The Bertz CT molecular complexity index is 370. The van der Waals surface area contributed by atoms with Crippen LogP contribution < -0.4 is 0 Å². The van der Waals surface area contributed by atoms with Gasteiger partial charge in [0.15, 0.2) is 0 Å². The Morgan fingerprint density at radius 3 is 1.70 bits per heavy atom. The van der Waals surface area contributed by atoms with Gasteiger partial charge in [0.25, 0.3) is 0 Å². The molecule has 0 bridgehead atoms. The van der Waals surface area contributed by atoms with Crippen molar-refractivity contribution >= 4 is 0 Å². The van der Waals surface area contributed by atoms with Crippen LogP contribution in [0.3, 0.4) is 0 Å². The quantitative estimate of drug-likeness (QED) is 0.501. The lowest BCUT2D eigenvalue weighted by Crippen LogP contribution is -2.63. The van der Waals surface area contributed by atoms with E-state index in [1.807, 2.05) is 20.8 Å². The van der Waals surface area contributed by atoms with Gasteiger partial charge in [0, 0.05) is 0 Å². The maximum Gasteiger partial charge on any atom is -0.0315 e. The summed E-state index contributed by atoms with van der Waals surface area (Å²) in [4.78, 5) is 0. The Balaban J connectivity index is 0.000000219. The molecule has 0 heterocycles. The van der Waals surface area contributed by atoms with Gasteiger partial charge in [-0.1, -0.05) is 33.8 Å². The molecule has 0 aromatic heterocycles. The van der Waals surface area contributed by atoms with E-state index in [0.717, 1.165) is 11.8 Å². The molecule has 0 aromatic rings. The number of rotatable bonds is 0. The summed E-state index contributed by atoms with van der Waals surface area (Å²) in [6.07, 6.45) is 6.60. The average Bonchev–Trinajstić information content (AvgIpc) is 2.65. The van der Waals surface area contributed by atoms with Gasteiger partial charge in [-0.2, -0.15) is 0 Å². The molecule has 5 fully saturated rings. The van der Waals surface area contributed by atoms with E-state index in [2.05, 4.69) is 20.4 Å². The number of hydrogen-bond donors (Lipinski definition) is 0. The van der Waals surface area contributed by atoms with Crippen molar-refractivity contribution in [1.29, 1.82) is 0 Å². The standard InChI is InChI=1S/C15H22.C3H6.C2H6/c1-6-4-10-12(6)11-5-9-8-3-7(2)13(8)15(9)14(10)11;1-3-2;1-2/h6-15H,3-5H2,1-2H3;3H,1H2,2H3;1-2H3. The van der Waals surface area contributed by atoms with Crippen LogP contribution in [0.25, 0.3) is 0 Å². The molecule has 0 N–H and O–H groups in total. The van der Waals surface area contributed by atoms with Crippen molar-refractivity contribution in [3.05, 3.63) is 12.7 Å². The molecular weight excluding hydrogens is 240 g/mol. The average molecular weight is 274 g/mol. The molecule has 5 aliphatic carbocycles. The normalized spacial score (nSPS) is 58.9. The largest absolute Gasteiger partial charge is 0.103 e. The Labute approximate surface area is 126 Å². The van der Waals surface area contributed by atoms with Crippen LogP contribution in [-0.4, -0.2) is 0 Å². The maximum absolute atomic E-state index is 3.36. The topological polar surface area (TPSA) is 0 Å². The highest BCUT2D eigenvalue weighted by molar-refractivity contribution is 5.21. The van der Waals surface area contributed by atoms with Crippen molar-refractivity contribution < 1.29 is 0 Å². The summed E-state index contributed by atoms with van der Waals surface area (Å²) in [5, 5.41) is 0. The summed E-state index contributed by atoms with van der Waals surface area (Å²) in [5.41, 5.74) is 0. The first-order valence-electron chi connectivity index (χ1n) is 9.26. The smallest absolute Gasteiger partial charge is 0.0315 e. The summed E-state index contributed by atoms with van der Waals surface area (Å²) in [5.74, 6) is 12.0. The molecule has 0 aliphatic heterocycles. The van der Waals surface area contributed by atoms with Gasteiger partial charge >= 0.3 is 0 Å². The molecule has 114 valence electrons. The fourth-order valence-electron chi connectivity index (χ4n) is 7.15. The third kappa shape index (κ3) is 1.60.